The fourth-order valence-electron chi connectivity index (χ4n) is 0.770. The highest BCUT2D eigenvalue weighted by atomic mass is 35.5. The summed E-state index contributed by atoms with van der Waals surface area (Å²) in [6.45, 7) is 1.73. The summed E-state index contributed by atoms with van der Waals surface area (Å²) in [5.74, 6) is 0. The first-order chi connectivity index (χ1) is 4.72. The number of rotatable bonds is 1. The predicted octanol–water partition coefficient (Wildman–Crippen LogP) is -0.508. The molecule has 0 radical (unpaired) electrons. The molecule has 2 N–H and O–H groups in total. The average Bonchev–Trinajstić information content (AvgIpc) is 1.88. The van der Waals surface area contributed by atoms with Gasteiger partial charge in [0, 0.05) is 17.4 Å². The number of pyridine rings is 1. The second-order valence-electron chi connectivity index (χ2n) is 2.05. The Morgan fingerprint density at radius 1 is 1.45 bits per heavy atom. The van der Waals surface area contributed by atoms with Crippen LogP contribution in [0.25, 0.3) is 0 Å². The predicted molar refractivity (Wildman–Crippen MR) is 46.0 cm³/mol. The van der Waals surface area contributed by atoms with E-state index >= 15 is 0 Å². The van der Waals surface area contributed by atoms with Crippen molar-refractivity contribution in [3.8, 4) is 0 Å². The van der Waals surface area contributed by atoms with Gasteiger partial charge in [0.25, 0.3) is 0 Å². The summed E-state index contributed by atoms with van der Waals surface area (Å²) in [5, 5.41) is 17.4. The normalized spacial score (nSPS) is 8.64. The number of aryl methyl sites for hydroxylation is 1. The molecule has 1 heterocycles. The lowest BCUT2D eigenvalue weighted by Gasteiger charge is -2.00. The molecule has 1 rings (SSSR count). The largest absolute Gasteiger partial charge is 0.490 e. The van der Waals surface area contributed by atoms with E-state index in [1.807, 2.05) is 0 Å². The van der Waals surface area contributed by atoms with E-state index in [1.165, 1.54) is 0 Å². The van der Waals surface area contributed by atoms with Crippen LogP contribution in [0.15, 0.2) is 18.3 Å². The van der Waals surface area contributed by atoms with Gasteiger partial charge in [-0.3, -0.25) is 4.98 Å². The zero-order valence-electron chi connectivity index (χ0n) is 6.06. The Labute approximate surface area is 71.7 Å². The maximum absolute atomic E-state index is 8.72. The Morgan fingerprint density at radius 2 is 2.09 bits per heavy atom. The number of hydrogen-bond acceptors (Lipinski definition) is 3. The van der Waals surface area contributed by atoms with Crippen LogP contribution < -0.4 is 5.46 Å². The van der Waals surface area contributed by atoms with Crippen LogP contribution in [-0.4, -0.2) is 22.2 Å². The summed E-state index contributed by atoms with van der Waals surface area (Å²) in [6, 6.07) is 3.30. The van der Waals surface area contributed by atoms with E-state index in [0.717, 1.165) is 0 Å². The second kappa shape index (κ2) is 4.33. The molecule has 0 saturated heterocycles. The van der Waals surface area contributed by atoms with Crippen molar-refractivity contribution in [3.63, 3.8) is 0 Å². The fraction of sp³-hybridized carbons (Fsp3) is 0.167. The summed E-state index contributed by atoms with van der Waals surface area (Å²) in [4.78, 5) is 3.88. The molecule has 1 aromatic rings. The molecule has 0 unspecified atom stereocenters. The lowest BCUT2D eigenvalue weighted by molar-refractivity contribution is 0.425. The van der Waals surface area contributed by atoms with Gasteiger partial charge in [-0.2, -0.15) is 0 Å². The molecule has 0 saturated carbocycles. The standard InChI is InChI=1S/C6H8BNO2.ClH/c1-5-6(7(9)10)3-2-4-8-5;/h2-4,9-10H,1H3;1H. The molecular weight excluding hydrogens is 164 g/mol. The average molecular weight is 173 g/mol. The molecule has 0 spiro atoms. The molecule has 5 heteroatoms. The number of nitrogens with zero attached hydrogens (tertiary/aromatic N) is 1. The smallest absolute Gasteiger partial charge is 0.423 e. The molecule has 0 aliphatic rings. The molecule has 60 valence electrons. The molecule has 0 amide bonds. The van der Waals surface area contributed by atoms with Crippen molar-refractivity contribution in [2.24, 2.45) is 0 Å². The summed E-state index contributed by atoms with van der Waals surface area (Å²) in [7, 11) is -1.41. The molecule has 11 heavy (non-hydrogen) atoms. The van der Waals surface area contributed by atoms with Crippen molar-refractivity contribution in [2.75, 3.05) is 0 Å². The van der Waals surface area contributed by atoms with Crippen molar-refractivity contribution >= 4 is 25.0 Å². The molecule has 0 atom stereocenters. The lowest BCUT2D eigenvalue weighted by Crippen LogP contribution is -2.32. The van der Waals surface area contributed by atoms with Crippen LogP contribution in [-0.2, 0) is 0 Å². The summed E-state index contributed by atoms with van der Waals surface area (Å²) in [6.07, 6.45) is 1.61. The lowest BCUT2D eigenvalue weighted by atomic mass is 9.79. The van der Waals surface area contributed by atoms with Gasteiger partial charge < -0.3 is 10.0 Å². The zero-order chi connectivity index (χ0) is 7.56. The Morgan fingerprint density at radius 3 is 2.45 bits per heavy atom. The maximum Gasteiger partial charge on any atom is 0.490 e. The SMILES string of the molecule is Cc1ncccc1B(O)O.Cl. The Balaban J connectivity index is 0.000001000. The minimum atomic E-state index is -1.41. The van der Waals surface area contributed by atoms with Crippen molar-refractivity contribution in [2.45, 2.75) is 6.92 Å². The van der Waals surface area contributed by atoms with Crippen LogP contribution >= 0.6 is 12.4 Å². The van der Waals surface area contributed by atoms with Crippen LogP contribution in [0.4, 0.5) is 0 Å². The highest BCUT2D eigenvalue weighted by Crippen LogP contribution is 1.87. The minimum absolute atomic E-state index is 0. The van der Waals surface area contributed by atoms with E-state index < -0.39 is 7.12 Å². The van der Waals surface area contributed by atoms with E-state index in [4.69, 9.17) is 10.0 Å². The topological polar surface area (TPSA) is 53.4 Å². The van der Waals surface area contributed by atoms with Crippen molar-refractivity contribution in [3.05, 3.63) is 24.0 Å². The van der Waals surface area contributed by atoms with Gasteiger partial charge in [-0.05, 0) is 13.0 Å². The fourth-order valence-corrected chi connectivity index (χ4v) is 0.770. The first kappa shape index (κ1) is 10.4. The van der Waals surface area contributed by atoms with E-state index in [1.54, 1.807) is 25.3 Å². The van der Waals surface area contributed by atoms with Gasteiger partial charge in [0.1, 0.15) is 0 Å². The minimum Gasteiger partial charge on any atom is -0.423 e. The number of aromatic nitrogens is 1. The van der Waals surface area contributed by atoms with Crippen molar-refractivity contribution in [1.82, 2.24) is 4.98 Å². The van der Waals surface area contributed by atoms with Gasteiger partial charge >= 0.3 is 7.12 Å². The highest BCUT2D eigenvalue weighted by molar-refractivity contribution is 6.59. The second-order valence-corrected chi connectivity index (χ2v) is 2.05. The highest BCUT2D eigenvalue weighted by Gasteiger charge is 2.12. The van der Waals surface area contributed by atoms with E-state index in [-0.39, 0.29) is 12.4 Å². The van der Waals surface area contributed by atoms with Crippen molar-refractivity contribution in [1.29, 1.82) is 0 Å². The van der Waals surface area contributed by atoms with Crippen LogP contribution in [0.5, 0.6) is 0 Å². The molecule has 1 aromatic heterocycles. The van der Waals surface area contributed by atoms with E-state index in [9.17, 15) is 0 Å². The Bertz CT molecular complexity index is 232. The van der Waals surface area contributed by atoms with Gasteiger partial charge in [-0.1, -0.05) is 6.07 Å². The zero-order valence-corrected chi connectivity index (χ0v) is 6.88. The Hall–Kier alpha value is -0.575. The molecule has 0 aromatic carbocycles. The van der Waals surface area contributed by atoms with E-state index in [0.29, 0.717) is 11.2 Å². The molecule has 0 aliphatic heterocycles. The summed E-state index contributed by atoms with van der Waals surface area (Å²) < 4.78 is 0. The third-order valence-corrected chi connectivity index (χ3v) is 1.33. The van der Waals surface area contributed by atoms with Gasteiger partial charge in [0.15, 0.2) is 0 Å². The quantitative estimate of drug-likeness (QED) is 0.563. The first-order valence-electron chi connectivity index (χ1n) is 2.99. The summed E-state index contributed by atoms with van der Waals surface area (Å²) in [5.41, 5.74) is 1.11. The number of hydrogen-bond donors (Lipinski definition) is 2. The maximum atomic E-state index is 8.72. The van der Waals surface area contributed by atoms with Crippen LogP contribution in [0.2, 0.25) is 0 Å². The van der Waals surface area contributed by atoms with Gasteiger partial charge in [-0.15, -0.1) is 12.4 Å². The van der Waals surface area contributed by atoms with Crippen LogP contribution in [0.3, 0.4) is 0 Å². The molecule has 0 bridgehead atoms. The third-order valence-electron chi connectivity index (χ3n) is 1.33. The Kier molecular flexibility index (Phi) is 4.11. The van der Waals surface area contributed by atoms with Crippen LogP contribution in [0, 0.1) is 6.92 Å². The molecule has 3 nitrogen and oxygen atoms in total. The first-order valence-corrected chi connectivity index (χ1v) is 2.99. The molecular formula is C6H9BClNO2. The monoisotopic (exact) mass is 173 g/mol. The molecule has 0 fully saturated rings. The van der Waals surface area contributed by atoms with Crippen molar-refractivity contribution < 1.29 is 10.0 Å². The van der Waals surface area contributed by atoms with E-state index in [2.05, 4.69) is 4.98 Å². The third kappa shape index (κ3) is 2.50. The van der Waals surface area contributed by atoms with Gasteiger partial charge in [0.05, 0.1) is 0 Å². The van der Waals surface area contributed by atoms with Gasteiger partial charge in [-0.25, -0.2) is 0 Å². The molecule has 0 aliphatic carbocycles. The van der Waals surface area contributed by atoms with Crippen LogP contribution in [0.1, 0.15) is 5.69 Å². The summed E-state index contributed by atoms with van der Waals surface area (Å²) >= 11 is 0. The van der Waals surface area contributed by atoms with Gasteiger partial charge in [0.2, 0.25) is 0 Å². The number of halogens is 1.